The Bertz CT molecular complexity index is 1310. The molecule has 5 rings (SSSR count). The third kappa shape index (κ3) is 4.45. The van der Waals surface area contributed by atoms with Crippen LogP contribution in [-0.4, -0.2) is 46.5 Å². The van der Waals surface area contributed by atoms with Gasteiger partial charge in [-0.15, -0.1) is 0 Å². The van der Waals surface area contributed by atoms with Gasteiger partial charge in [-0.3, -0.25) is 14.3 Å². The van der Waals surface area contributed by atoms with Crippen LogP contribution in [0.15, 0.2) is 88.1 Å². The van der Waals surface area contributed by atoms with Crippen molar-refractivity contribution in [3.05, 3.63) is 106 Å². The first-order valence-electron chi connectivity index (χ1n) is 11.0. The number of fused-ring (bicyclic) bond motifs is 1. The number of carbonyl (C=O) groups is 1. The van der Waals surface area contributed by atoms with Gasteiger partial charge in [0.05, 0.1) is 11.6 Å². The molecule has 1 amide bonds. The zero-order valence-electron chi connectivity index (χ0n) is 18.1. The van der Waals surface area contributed by atoms with E-state index in [9.17, 15) is 9.59 Å². The number of nitrogens with zero attached hydrogens (tertiary/aromatic N) is 3. The molecule has 4 aromatic rings. The van der Waals surface area contributed by atoms with Gasteiger partial charge in [0.1, 0.15) is 6.54 Å². The van der Waals surface area contributed by atoms with Gasteiger partial charge in [0.15, 0.2) is 5.58 Å². The molecular formula is C26H24ClN3O3. The van der Waals surface area contributed by atoms with Crippen molar-refractivity contribution in [1.29, 1.82) is 0 Å². The summed E-state index contributed by atoms with van der Waals surface area (Å²) in [6.45, 7) is 2.64. The van der Waals surface area contributed by atoms with E-state index in [2.05, 4.69) is 29.2 Å². The van der Waals surface area contributed by atoms with Gasteiger partial charge in [-0.25, -0.2) is 4.79 Å². The number of benzene rings is 3. The molecule has 3 aromatic carbocycles. The Labute approximate surface area is 196 Å². The van der Waals surface area contributed by atoms with Gasteiger partial charge < -0.3 is 9.32 Å². The summed E-state index contributed by atoms with van der Waals surface area (Å²) in [5.74, 6) is -0.582. The minimum atomic E-state index is -0.505. The average Bonchev–Trinajstić information content (AvgIpc) is 3.16. The summed E-state index contributed by atoms with van der Waals surface area (Å²) in [5.41, 5.74) is 3.51. The third-order valence-corrected chi connectivity index (χ3v) is 6.45. The third-order valence-electron chi connectivity index (χ3n) is 6.20. The van der Waals surface area contributed by atoms with Gasteiger partial charge in [-0.05, 0) is 35.4 Å². The Balaban J connectivity index is 1.31. The first kappa shape index (κ1) is 21.5. The summed E-state index contributed by atoms with van der Waals surface area (Å²) in [4.78, 5) is 29.5. The first-order valence-corrected chi connectivity index (χ1v) is 11.4. The van der Waals surface area contributed by atoms with Crippen LogP contribution in [0.1, 0.15) is 17.2 Å². The number of amides is 1. The predicted molar refractivity (Wildman–Crippen MR) is 128 cm³/mol. The standard InChI is InChI=1S/C26H24ClN3O3/c27-21-12-10-20(11-13-21)25(19-6-2-1-3-7-19)29-16-14-28(15-17-29)24(31)18-30-22-8-4-5-9-23(22)33-26(30)32/h1-13,25H,14-18H2/t25-/m1/s1. The maximum absolute atomic E-state index is 13.0. The molecule has 1 atom stereocenters. The van der Waals surface area contributed by atoms with Crippen LogP contribution in [0.5, 0.6) is 0 Å². The number of piperazine rings is 1. The molecule has 1 saturated heterocycles. The van der Waals surface area contributed by atoms with Gasteiger partial charge in [0.2, 0.25) is 5.91 Å². The van der Waals surface area contributed by atoms with Crippen molar-refractivity contribution in [3.63, 3.8) is 0 Å². The number of aromatic nitrogens is 1. The van der Waals surface area contributed by atoms with E-state index in [4.69, 9.17) is 16.0 Å². The predicted octanol–water partition coefficient (Wildman–Crippen LogP) is 4.18. The van der Waals surface area contributed by atoms with E-state index in [1.54, 1.807) is 18.2 Å². The minimum absolute atomic E-state index is 0.0187. The SMILES string of the molecule is O=C(Cn1c(=O)oc2ccccc21)N1CCN([C@H](c2ccccc2)c2ccc(Cl)cc2)CC1. The molecule has 1 aromatic heterocycles. The van der Waals surface area contributed by atoms with Crippen LogP contribution in [0.3, 0.4) is 0 Å². The molecule has 2 heterocycles. The second-order valence-corrected chi connectivity index (χ2v) is 8.64. The Hall–Kier alpha value is -3.35. The highest BCUT2D eigenvalue weighted by atomic mass is 35.5. The molecule has 0 N–H and O–H groups in total. The van der Waals surface area contributed by atoms with E-state index < -0.39 is 5.76 Å². The van der Waals surface area contributed by atoms with Crippen molar-refractivity contribution in [2.45, 2.75) is 12.6 Å². The van der Waals surface area contributed by atoms with E-state index in [1.807, 2.05) is 41.3 Å². The number of hydrogen-bond donors (Lipinski definition) is 0. The van der Waals surface area contributed by atoms with Crippen LogP contribution in [0, 0.1) is 0 Å². The lowest BCUT2D eigenvalue weighted by atomic mass is 9.96. The fraction of sp³-hybridized carbons (Fsp3) is 0.231. The Morgan fingerprint density at radius 3 is 2.21 bits per heavy atom. The van der Waals surface area contributed by atoms with E-state index >= 15 is 0 Å². The molecule has 0 unspecified atom stereocenters. The second-order valence-electron chi connectivity index (χ2n) is 8.20. The van der Waals surface area contributed by atoms with Gasteiger partial charge in [-0.2, -0.15) is 0 Å². The van der Waals surface area contributed by atoms with Crippen molar-refractivity contribution >= 4 is 28.6 Å². The number of hydrogen-bond acceptors (Lipinski definition) is 4. The van der Waals surface area contributed by atoms with Crippen LogP contribution >= 0.6 is 11.6 Å². The number of para-hydroxylation sites is 2. The summed E-state index contributed by atoms with van der Waals surface area (Å²) in [7, 11) is 0. The van der Waals surface area contributed by atoms with Gasteiger partial charge in [-0.1, -0.05) is 66.2 Å². The fourth-order valence-corrected chi connectivity index (χ4v) is 4.65. The normalized spacial score (nSPS) is 15.6. The molecule has 0 aliphatic carbocycles. The molecule has 33 heavy (non-hydrogen) atoms. The number of carbonyl (C=O) groups excluding carboxylic acids is 1. The van der Waals surface area contributed by atoms with E-state index in [0.29, 0.717) is 29.2 Å². The summed E-state index contributed by atoms with van der Waals surface area (Å²) < 4.78 is 6.67. The molecule has 7 heteroatoms. The average molecular weight is 462 g/mol. The number of rotatable bonds is 5. The molecule has 1 aliphatic heterocycles. The molecule has 1 aliphatic rings. The molecule has 168 valence electrons. The maximum atomic E-state index is 13.0. The summed E-state index contributed by atoms with van der Waals surface area (Å²) in [5, 5.41) is 0.711. The summed E-state index contributed by atoms with van der Waals surface area (Å²) in [6.07, 6.45) is 0. The van der Waals surface area contributed by atoms with E-state index in [0.717, 1.165) is 13.1 Å². The lowest BCUT2D eigenvalue weighted by molar-refractivity contribution is -0.133. The number of oxazole rings is 1. The highest BCUT2D eigenvalue weighted by molar-refractivity contribution is 6.30. The zero-order chi connectivity index (χ0) is 22.8. The van der Waals surface area contributed by atoms with Crippen molar-refractivity contribution in [2.24, 2.45) is 0 Å². The first-order chi connectivity index (χ1) is 16.1. The van der Waals surface area contributed by atoms with Crippen molar-refractivity contribution in [1.82, 2.24) is 14.4 Å². The Kier molecular flexibility index (Phi) is 6.03. The maximum Gasteiger partial charge on any atom is 0.420 e. The highest BCUT2D eigenvalue weighted by Gasteiger charge is 2.28. The molecule has 1 fully saturated rings. The van der Waals surface area contributed by atoms with Crippen molar-refractivity contribution in [2.75, 3.05) is 26.2 Å². The van der Waals surface area contributed by atoms with E-state index in [1.165, 1.54) is 15.7 Å². The topological polar surface area (TPSA) is 58.7 Å². The number of halogens is 1. The molecule has 0 radical (unpaired) electrons. The fourth-order valence-electron chi connectivity index (χ4n) is 4.52. The highest BCUT2D eigenvalue weighted by Crippen LogP contribution is 2.30. The Morgan fingerprint density at radius 2 is 1.48 bits per heavy atom. The second kappa shape index (κ2) is 9.25. The molecule has 0 bridgehead atoms. The van der Waals surface area contributed by atoms with Crippen molar-refractivity contribution < 1.29 is 9.21 Å². The lowest BCUT2D eigenvalue weighted by Crippen LogP contribution is -2.50. The van der Waals surface area contributed by atoms with Gasteiger partial charge >= 0.3 is 5.76 Å². The van der Waals surface area contributed by atoms with E-state index in [-0.39, 0.29) is 18.5 Å². The zero-order valence-corrected chi connectivity index (χ0v) is 18.8. The van der Waals surface area contributed by atoms with Crippen LogP contribution in [0.2, 0.25) is 5.02 Å². The quantitative estimate of drug-likeness (QED) is 0.447. The van der Waals surface area contributed by atoms with Crippen molar-refractivity contribution in [3.8, 4) is 0 Å². The van der Waals surface area contributed by atoms with Crippen LogP contribution in [0.4, 0.5) is 0 Å². The minimum Gasteiger partial charge on any atom is -0.408 e. The smallest absolute Gasteiger partial charge is 0.408 e. The van der Waals surface area contributed by atoms with Crippen LogP contribution in [-0.2, 0) is 11.3 Å². The van der Waals surface area contributed by atoms with Crippen LogP contribution < -0.4 is 5.76 Å². The largest absolute Gasteiger partial charge is 0.420 e. The van der Waals surface area contributed by atoms with Gasteiger partial charge in [0.25, 0.3) is 0 Å². The summed E-state index contributed by atoms with van der Waals surface area (Å²) >= 11 is 6.12. The van der Waals surface area contributed by atoms with Crippen LogP contribution in [0.25, 0.3) is 11.1 Å². The summed E-state index contributed by atoms with van der Waals surface area (Å²) in [6, 6.07) is 25.6. The molecule has 0 spiro atoms. The molecule has 6 nitrogen and oxygen atoms in total. The lowest BCUT2D eigenvalue weighted by Gasteiger charge is -2.39. The molecular weight excluding hydrogens is 438 g/mol. The Morgan fingerprint density at radius 1 is 0.848 bits per heavy atom. The monoisotopic (exact) mass is 461 g/mol. The van der Waals surface area contributed by atoms with Gasteiger partial charge in [0, 0.05) is 31.2 Å². The molecule has 0 saturated carbocycles.